The van der Waals surface area contributed by atoms with Crippen molar-refractivity contribution < 1.29 is 34.4 Å². The lowest BCUT2D eigenvalue weighted by Crippen LogP contribution is -2.58. The Morgan fingerprint density at radius 2 is 1.88 bits per heavy atom. The lowest BCUT2D eigenvalue weighted by atomic mass is 9.78. The van der Waals surface area contributed by atoms with Crippen LogP contribution in [0.5, 0.6) is 11.5 Å². The topological polar surface area (TPSA) is 139 Å². The zero-order valence-electron chi connectivity index (χ0n) is 13.9. The zero-order valence-corrected chi connectivity index (χ0v) is 13.9. The third-order valence-electron chi connectivity index (χ3n) is 4.00. The van der Waals surface area contributed by atoms with E-state index in [2.05, 4.69) is 4.74 Å². The van der Waals surface area contributed by atoms with Crippen molar-refractivity contribution in [2.45, 2.75) is 38.8 Å². The van der Waals surface area contributed by atoms with Crippen LogP contribution < -0.4 is 5.73 Å². The molecule has 0 aliphatic carbocycles. The number of ether oxygens (including phenoxy) is 2. The fourth-order valence-corrected chi connectivity index (χ4v) is 2.27. The standard InChI is InChI=1S/C16H23NO7/c1-4-23-15(22)24-10(3)9(2)16(17,14(20)21)8-11-5-6-12(18)13(19)7-11/h5-7,9-10,18-19H,4,8,17H2,1-3H3,(H,20,21)/t9-,10+,16-/m1/s1. The molecule has 134 valence electrons. The van der Waals surface area contributed by atoms with Gasteiger partial charge in [-0.15, -0.1) is 0 Å². The maximum atomic E-state index is 11.7. The number of aliphatic carboxylic acids is 1. The largest absolute Gasteiger partial charge is 0.508 e. The molecule has 0 bridgehead atoms. The zero-order chi connectivity index (χ0) is 18.5. The second-order valence-electron chi connectivity index (χ2n) is 5.64. The summed E-state index contributed by atoms with van der Waals surface area (Å²) in [6.07, 6.45) is -1.84. The molecule has 8 nitrogen and oxygen atoms in total. The average molecular weight is 341 g/mol. The van der Waals surface area contributed by atoms with Gasteiger partial charge in [0.2, 0.25) is 0 Å². The van der Waals surface area contributed by atoms with E-state index in [4.69, 9.17) is 10.5 Å². The second kappa shape index (κ2) is 7.87. The van der Waals surface area contributed by atoms with Crippen molar-refractivity contribution in [2.75, 3.05) is 6.61 Å². The first-order valence-corrected chi connectivity index (χ1v) is 7.48. The minimum atomic E-state index is -1.75. The van der Waals surface area contributed by atoms with Crippen molar-refractivity contribution in [1.82, 2.24) is 0 Å². The average Bonchev–Trinajstić information content (AvgIpc) is 2.50. The van der Waals surface area contributed by atoms with Gasteiger partial charge in [0.05, 0.1) is 6.61 Å². The highest BCUT2D eigenvalue weighted by molar-refractivity contribution is 5.79. The molecule has 1 aromatic rings. The molecular weight excluding hydrogens is 318 g/mol. The minimum Gasteiger partial charge on any atom is -0.504 e. The SMILES string of the molecule is CCOC(=O)O[C@@H](C)[C@@H](C)[C@](N)(Cc1ccc(O)c(O)c1)C(=O)O. The number of carbonyl (C=O) groups excluding carboxylic acids is 1. The van der Waals surface area contributed by atoms with Gasteiger partial charge in [0.15, 0.2) is 11.5 Å². The number of nitrogens with two attached hydrogens (primary N) is 1. The molecule has 0 aromatic heterocycles. The first-order valence-electron chi connectivity index (χ1n) is 7.48. The van der Waals surface area contributed by atoms with Crippen molar-refractivity contribution in [2.24, 2.45) is 11.7 Å². The first-order chi connectivity index (χ1) is 11.1. The Balaban J connectivity index is 2.99. The van der Waals surface area contributed by atoms with Gasteiger partial charge in [-0.25, -0.2) is 4.79 Å². The Kier molecular flexibility index (Phi) is 6.42. The third-order valence-corrected chi connectivity index (χ3v) is 4.00. The molecule has 0 aliphatic heterocycles. The van der Waals surface area contributed by atoms with E-state index in [1.165, 1.54) is 25.1 Å². The van der Waals surface area contributed by atoms with Gasteiger partial charge in [-0.1, -0.05) is 13.0 Å². The lowest BCUT2D eigenvalue weighted by Gasteiger charge is -2.34. The Bertz CT molecular complexity index is 604. The van der Waals surface area contributed by atoms with Gasteiger partial charge in [0, 0.05) is 12.3 Å². The summed E-state index contributed by atoms with van der Waals surface area (Å²) in [6, 6.07) is 3.95. The molecule has 0 spiro atoms. The van der Waals surface area contributed by atoms with Gasteiger partial charge in [0.25, 0.3) is 0 Å². The molecule has 0 amide bonds. The summed E-state index contributed by atoms with van der Waals surface area (Å²) in [5.74, 6) is -2.72. The predicted molar refractivity (Wildman–Crippen MR) is 84.8 cm³/mol. The molecule has 0 aliphatic rings. The fraction of sp³-hybridized carbons (Fsp3) is 0.500. The number of hydrogen-bond acceptors (Lipinski definition) is 7. The minimum absolute atomic E-state index is 0.131. The fourth-order valence-electron chi connectivity index (χ4n) is 2.27. The molecule has 0 unspecified atom stereocenters. The summed E-state index contributed by atoms with van der Waals surface area (Å²) in [4.78, 5) is 23.1. The summed E-state index contributed by atoms with van der Waals surface area (Å²) in [6.45, 7) is 4.84. The van der Waals surface area contributed by atoms with Crippen molar-refractivity contribution >= 4 is 12.1 Å². The number of carboxylic acids is 1. The second-order valence-corrected chi connectivity index (χ2v) is 5.64. The molecule has 8 heteroatoms. The molecule has 0 radical (unpaired) electrons. The van der Waals surface area contributed by atoms with Crippen LogP contribution in [0.4, 0.5) is 4.79 Å². The third kappa shape index (κ3) is 4.51. The maximum absolute atomic E-state index is 11.7. The molecular formula is C16H23NO7. The van der Waals surface area contributed by atoms with E-state index in [0.717, 1.165) is 0 Å². The number of phenols is 2. The van der Waals surface area contributed by atoms with E-state index in [9.17, 15) is 24.9 Å². The van der Waals surface area contributed by atoms with E-state index < -0.39 is 29.7 Å². The number of aromatic hydroxyl groups is 2. The molecule has 24 heavy (non-hydrogen) atoms. The quantitative estimate of drug-likeness (QED) is 0.433. The summed E-state index contributed by atoms with van der Waals surface area (Å²) in [5.41, 5.74) is 4.75. The monoisotopic (exact) mass is 341 g/mol. The Morgan fingerprint density at radius 1 is 1.25 bits per heavy atom. The van der Waals surface area contributed by atoms with Crippen molar-refractivity contribution in [3.8, 4) is 11.5 Å². The summed E-state index contributed by atoms with van der Waals surface area (Å²) < 4.78 is 9.71. The van der Waals surface area contributed by atoms with Crippen LogP contribution in [-0.2, 0) is 20.7 Å². The van der Waals surface area contributed by atoms with E-state index in [1.54, 1.807) is 13.8 Å². The normalized spacial score (nSPS) is 15.8. The molecule has 1 aromatic carbocycles. The summed E-state index contributed by atoms with van der Waals surface area (Å²) in [5, 5.41) is 28.4. The number of carboxylic acid groups (broad SMARTS) is 1. The Morgan fingerprint density at radius 3 is 2.38 bits per heavy atom. The Labute approximate surface area is 139 Å². The number of carbonyl (C=O) groups is 2. The molecule has 3 atom stereocenters. The van der Waals surface area contributed by atoms with Gasteiger partial charge < -0.3 is 30.5 Å². The van der Waals surface area contributed by atoms with E-state index >= 15 is 0 Å². The van der Waals surface area contributed by atoms with Crippen LogP contribution in [0, 0.1) is 5.92 Å². The van der Waals surface area contributed by atoms with Crippen molar-refractivity contribution in [3.05, 3.63) is 23.8 Å². The number of benzene rings is 1. The van der Waals surface area contributed by atoms with Crippen LogP contribution in [0.3, 0.4) is 0 Å². The van der Waals surface area contributed by atoms with E-state index in [1.807, 2.05) is 0 Å². The molecule has 1 rings (SSSR count). The van der Waals surface area contributed by atoms with Crippen molar-refractivity contribution in [1.29, 1.82) is 0 Å². The summed E-state index contributed by atoms with van der Waals surface area (Å²) in [7, 11) is 0. The highest BCUT2D eigenvalue weighted by atomic mass is 16.7. The smallest absolute Gasteiger partial charge is 0.504 e. The van der Waals surface area contributed by atoms with Gasteiger partial charge in [-0.3, -0.25) is 4.79 Å². The first kappa shape index (κ1) is 19.6. The predicted octanol–water partition coefficient (Wildman–Crippen LogP) is 1.62. The molecule has 0 fully saturated rings. The highest BCUT2D eigenvalue weighted by Crippen LogP contribution is 2.30. The Hall–Kier alpha value is -2.48. The number of phenolic OH excluding ortho intramolecular Hbond substituents is 2. The number of rotatable bonds is 7. The van der Waals surface area contributed by atoms with Gasteiger partial charge in [-0.05, 0) is 31.5 Å². The van der Waals surface area contributed by atoms with Crippen LogP contribution in [0.1, 0.15) is 26.3 Å². The van der Waals surface area contributed by atoms with Gasteiger partial charge in [-0.2, -0.15) is 0 Å². The van der Waals surface area contributed by atoms with Crippen LogP contribution in [0.15, 0.2) is 18.2 Å². The van der Waals surface area contributed by atoms with Crippen molar-refractivity contribution in [3.63, 3.8) is 0 Å². The van der Waals surface area contributed by atoms with Crippen LogP contribution in [0.25, 0.3) is 0 Å². The number of hydrogen-bond donors (Lipinski definition) is 4. The van der Waals surface area contributed by atoms with E-state index in [0.29, 0.717) is 5.56 Å². The van der Waals surface area contributed by atoms with Gasteiger partial charge in [0.1, 0.15) is 11.6 Å². The van der Waals surface area contributed by atoms with Crippen LogP contribution in [0.2, 0.25) is 0 Å². The van der Waals surface area contributed by atoms with Gasteiger partial charge >= 0.3 is 12.1 Å². The maximum Gasteiger partial charge on any atom is 0.508 e. The summed E-state index contributed by atoms with van der Waals surface area (Å²) >= 11 is 0. The van der Waals surface area contributed by atoms with E-state index in [-0.39, 0.29) is 24.5 Å². The lowest BCUT2D eigenvalue weighted by molar-refractivity contribution is -0.147. The van der Waals surface area contributed by atoms with Crippen LogP contribution >= 0.6 is 0 Å². The molecule has 0 saturated carbocycles. The molecule has 0 saturated heterocycles. The highest BCUT2D eigenvalue weighted by Gasteiger charge is 2.44. The molecule has 5 N–H and O–H groups in total. The molecule has 0 heterocycles. The van der Waals surface area contributed by atoms with Crippen LogP contribution in [-0.4, -0.2) is 45.7 Å².